The lowest BCUT2D eigenvalue weighted by Crippen LogP contribution is -3.00. The average Bonchev–Trinajstić information content (AvgIpc) is 3.29. The maximum atomic E-state index is 5.95. The zero-order valence-electron chi connectivity index (χ0n) is 17.7. The van der Waals surface area contributed by atoms with Gasteiger partial charge in [0.15, 0.2) is 11.5 Å². The molecule has 0 saturated heterocycles. The molecule has 4 aromatic rings. The highest BCUT2D eigenvalue weighted by Gasteiger charge is 2.14. The number of tetrazole rings is 1. The summed E-state index contributed by atoms with van der Waals surface area (Å²) in [7, 11) is 3.28. The van der Waals surface area contributed by atoms with E-state index in [9.17, 15) is 0 Å². The number of rotatable bonds is 9. The molecule has 9 heteroatoms. The second kappa shape index (κ2) is 11.1. The Balaban J connectivity index is 0.00000289. The summed E-state index contributed by atoms with van der Waals surface area (Å²) in [5.74, 6) is 2.00. The standard InChI is InChI=1S/C23H23N5O3.ClH/c1-29-20-11-7-6-8-18(20)16-24-15-17-12-13-21(22(14-17)30-2)31-23-25-26-27-28(23)19-9-4-3-5-10-19;/h3-14,24H,15-16H2,1-2H3;1H/p-1. The second-order valence-electron chi connectivity index (χ2n) is 6.71. The zero-order valence-corrected chi connectivity index (χ0v) is 18.5. The fourth-order valence-corrected chi connectivity index (χ4v) is 3.17. The minimum atomic E-state index is 0. The Morgan fingerprint density at radius 2 is 1.56 bits per heavy atom. The molecule has 32 heavy (non-hydrogen) atoms. The summed E-state index contributed by atoms with van der Waals surface area (Å²) in [6.07, 6.45) is 0. The van der Waals surface area contributed by atoms with Crippen LogP contribution in [0.4, 0.5) is 0 Å². The SMILES string of the molecule is COc1ccccc1CNCc1ccc(Oc2nnnn2-c2ccccc2)c(OC)c1.[Cl-]. The fourth-order valence-electron chi connectivity index (χ4n) is 3.17. The molecule has 0 aliphatic carbocycles. The molecular formula is C23H23ClN5O3-. The van der Waals surface area contributed by atoms with Crippen LogP contribution in [0.1, 0.15) is 11.1 Å². The van der Waals surface area contributed by atoms with Gasteiger partial charge in [0, 0.05) is 18.7 Å². The van der Waals surface area contributed by atoms with E-state index in [1.54, 1.807) is 14.2 Å². The topological polar surface area (TPSA) is 83.3 Å². The minimum absolute atomic E-state index is 0. The number of aromatic nitrogens is 4. The Kier molecular flexibility index (Phi) is 8.02. The van der Waals surface area contributed by atoms with Gasteiger partial charge in [-0.2, -0.15) is 4.68 Å². The van der Waals surface area contributed by atoms with Crippen LogP contribution in [0, 0.1) is 0 Å². The predicted molar refractivity (Wildman–Crippen MR) is 116 cm³/mol. The van der Waals surface area contributed by atoms with Gasteiger partial charge in [-0.15, -0.1) is 0 Å². The number of hydrogen-bond acceptors (Lipinski definition) is 7. The molecule has 0 saturated carbocycles. The molecule has 0 aliphatic rings. The van der Waals surface area contributed by atoms with Gasteiger partial charge in [0.2, 0.25) is 0 Å². The van der Waals surface area contributed by atoms with Crippen LogP contribution < -0.4 is 31.9 Å². The van der Waals surface area contributed by atoms with Crippen LogP contribution in [0.2, 0.25) is 0 Å². The van der Waals surface area contributed by atoms with Gasteiger partial charge in [0.1, 0.15) is 5.75 Å². The summed E-state index contributed by atoms with van der Waals surface area (Å²) in [5.41, 5.74) is 2.96. The van der Waals surface area contributed by atoms with Crippen LogP contribution in [0.3, 0.4) is 0 Å². The van der Waals surface area contributed by atoms with Crippen LogP contribution in [-0.2, 0) is 13.1 Å². The van der Waals surface area contributed by atoms with Crippen molar-refractivity contribution in [2.24, 2.45) is 0 Å². The first-order chi connectivity index (χ1) is 15.3. The number of methoxy groups -OCH3 is 2. The molecule has 3 aromatic carbocycles. The summed E-state index contributed by atoms with van der Waals surface area (Å²) < 4.78 is 18.4. The Labute approximate surface area is 192 Å². The van der Waals surface area contributed by atoms with Gasteiger partial charge in [0.05, 0.1) is 19.9 Å². The van der Waals surface area contributed by atoms with Crippen molar-refractivity contribution >= 4 is 0 Å². The van der Waals surface area contributed by atoms with Crippen molar-refractivity contribution in [2.45, 2.75) is 13.1 Å². The van der Waals surface area contributed by atoms with Crippen LogP contribution in [0.5, 0.6) is 23.3 Å². The zero-order chi connectivity index (χ0) is 21.5. The molecule has 1 N–H and O–H groups in total. The van der Waals surface area contributed by atoms with Crippen LogP contribution in [0.25, 0.3) is 5.69 Å². The van der Waals surface area contributed by atoms with E-state index >= 15 is 0 Å². The quantitative estimate of drug-likeness (QED) is 0.401. The third kappa shape index (κ3) is 5.35. The van der Waals surface area contributed by atoms with E-state index < -0.39 is 0 Å². The van der Waals surface area contributed by atoms with E-state index in [-0.39, 0.29) is 18.4 Å². The van der Waals surface area contributed by atoms with Crippen LogP contribution in [0.15, 0.2) is 72.8 Å². The third-order valence-electron chi connectivity index (χ3n) is 4.71. The first-order valence-corrected chi connectivity index (χ1v) is 9.79. The number of hydrogen-bond donors (Lipinski definition) is 1. The Morgan fingerprint density at radius 3 is 2.34 bits per heavy atom. The minimum Gasteiger partial charge on any atom is -1.00 e. The van der Waals surface area contributed by atoms with Gasteiger partial charge in [-0.05, 0) is 46.3 Å². The second-order valence-corrected chi connectivity index (χ2v) is 6.71. The molecule has 0 amide bonds. The number of ether oxygens (including phenoxy) is 3. The van der Waals surface area contributed by atoms with Crippen molar-refractivity contribution in [3.05, 3.63) is 83.9 Å². The molecule has 0 bridgehead atoms. The molecule has 8 nitrogen and oxygen atoms in total. The van der Waals surface area contributed by atoms with Crippen molar-refractivity contribution in [1.82, 2.24) is 25.5 Å². The highest BCUT2D eigenvalue weighted by Crippen LogP contribution is 2.32. The first kappa shape index (κ1) is 23.1. The lowest BCUT2D eigenvalue weighted by molar-refractivity contribution is -0.00000750. The maximum Gasteiger partial charge on any atom is 0.346 e. The Morgan fingerprint density at radius 1 is 0.812 bits per heavy atom. The molecular weight excluding hydrogens is 430 g/mol. The molecule has 0 unspecified atom stereocenters. The van der Waals surface area contributed by atoms with Crippen molar-refractivity contribution in [3.63, 3.8) is 0 Å². The van der Waals surface area contributed by atoms with Gasteiger partial charge in [-0.1, -0.05) is 47.6 Å². The van der Waals surface area contributed by atoms with E-state index in [2.05, 4.69) is 20.8 Å². The molecule has 1 heterocycles. The number of nitrogens with zero attached hydrogens (tertiary/aromatic N) is 4. The number of halogens is 1. The molecule has 166 valence electrons. The van der Waals surface area contributed by atoms with Gasteiger partial charge < -0.3 is 31.9 Å². The Bertz CT molecular complexity index is 1140. The molecule has 1 aromatic heterocycles. The van der Waals surface area contributed by atoms with E-state index in [1.807, 2.05) is 72.8 Å². The number of benzene rings is 3. The maximum absolute atomic E-state index is 5.95. The van der Waals surface area contributed by atoms with Crippen molar-refractivity contribution < 1.29 is 26.6 Å². The summed E-state index contributed by atoms with van der Waals surface area (Å²) in [6.45, 7) is 1.35. The highest BCUT2D eigenvalue weighted by molar-refractivity contribution is 5.45. The normalized spacial score (nSPS) is 10.3. The fraction of sp³-hybridized carbons (Fsp3) is 0.174. The van der Waals surface area contributed by atoms with E-state index in [1.165, 1.54) is 4.68 Å². The summed E-state index contributed by atoms with van der Waals surface area (Å²) >= 11 is 0. The Hall–Kier alpha value is -3.62. The van der Waals surface area contributed by atoms with Gasteiger partial charge in [-0.3, -0.25) is 0 Å². The average molecular weight is 453 g/mol. The van der Waals surface area contributed by atoms with Crippen molar-refractivity contribution in [3.8, 4) is 28.9 Å². The highest BCUT2D eigenvalue weighted by atomic mass is 35.5. The van der Waals surface area contributed by atoms with Gasteiger partial charge in [-0.25, -0.2) is 0 Å². The molecule has 4 rings (SSSR count). The number of para-hydroxylation sites is 2. The van der Waals surface area contributed by atoms with Crippen molar-refractivity contribution in [1.29, 1.82) is 0 Å². The smallest absolute Gasteiger partial charge is 0.346 e. The van der Waals surface area contributed by atoms with Gasteiger partial charge in [0.25, 0.3) is 0 Å². The number of nitrogens with one attached hydrogen (secondary N) is 1. The molecule has 0 radical (unpaired) electrons. The molecule has 0 spiro atoms. The van der Waals surface area contributed by atoms with Gasteiger partial charge >= 0.3 is 6.01 Å². The third-order valence-corrected chi connectivity index (χ3v) is 4.71. The van der Waals surface area contributed by atoms with Crippen LogP contribution >= 0.6 is 0 Å². The summed E-state index contributed by atoms with van der Waals surface area (Å²) in [5, 5.41) is 15.1. The van der Waals surface area contributed by atoms with E-state index in [0.29, 0.717) is 24.6 Å². The van der Waals surface area contributed by atoms with E-state index in [4.69, 9.17) is 14.2 Å². The van der Waals surface area contributed by atoms with Crippen LogP contribution in [-0.4, -0.2) is 34.4 Å². The molecule has 0 fully saturated rings. The first-order valence-electron chi connectivity index (χ1n) is 9.79. The lowest BCUT2D eigenvalue weighted by atomic mass is 10.1. The summed E-state index contributed by atoms with van der Waals surface area (Å²) in [6, 6.07) is 23.5. The lowest BCUT2D eigenvalue weighted by Gasteiger charge is -2.13. The largest absolute Gasteiger partial charge is 1.00 e. The molecule has 0 atom stereocenters. The van der Waals surface area contributed by atoms with E-state index in [0.717, 1.165) is 22.6 Å². The predicted octanol–water partition coefficient (Wildman–Crippen LogP) is 0.766. The molecule has 0 aliphatic heterocycles. The van der Waals surface area contributed by atoms with Crippen molar-refractivity contribution in [2.75, 3.05) is 14.2 Å². The monoisotopic (exact) mass is 452 g/mol. The summed E-state index contributed by atoms with van der Waals surface area (Å²) in [4.78, 5) is 0.